The molecule has 0 saturated carbocycles. The first-order valence-corrected chi connectivity index (χ1v) is 10.3. The van der Waals surface area contributed by atoms with Gasteiger partial charge in [0.25, 0.3) is 0 Å². The lowest BCUT2D eigenvalue weighted by atomic mass is 9.81. The average molecular weight is 373 g/mol. The molecule has 1 aromatic rings. The molecule has 1 spiro atoms. The van der Waals surface area contributed by atoms with E-state index in [1.54, 1.807) is 0 Å². The highest BCUT2D eigenvalue weighted by molar-refractivity contribution is 5.80. The third-order valence-electron chi connectivity index (χ3n) is 6.49. The number of likely N-dealkylation sites (tertiary alicyclic amines) is 1. The predicted octanol–water partition coefficient (Wildman–Crippen LogP) is 2.60. The van der Waals surface area contributed by atoms with E-state index in [1.165, 1.54) is 5.56 Å². The fourth-order valence-electron chi connectivity index (χ4n) is 4.52. The van der Waals surface area contributed by atoms with Crippen molar-refractivity contribution in [1.29, 1.82) is 0 Å². The van der Waals surface area contributed by atoms with E-state index in [4.69, 9.17) is 14.2 Å². The van der Waals surface area contributed by atoms with Crippen LogP contribution in [0, 0.1) is 18.8 Å². The summed E-state index contributed by atoms with van der Waals surface area (Å²) >= 11 is 0. The Labute approximate surface area is 162 Å². The molecule has 0 aliphatic carbocycles. The summed E-state index contributed by atoms with van der Waals surface area (Å²) in [5, 5.41) is 0. The molecule has 3 aliphatic heterocycles. The highest BCUT2D eigenvalue weighted by Gasteiger charge is 2.54. The first-order chi connectivity index (χ1) is 13.2. The summed E-state index contributed by atoms with van der Waals surface area (Å²) < 4.78 is 17.6. The number of ether oxygens (including phenoxy) is 3. The van der Waals surface area contributed by atoms with Crippen molar-refractivity contribution in [3.63, 3.8) is 0 Å². The molecule has 3 saturated heterocycles. The molecule has 0 bridgehead atoms. The maximum atomic E-state index is 12.6. The van der Waals surface area contributed by atoms with Crippen LogP contribution < -0.4 is 0 Å². The first-order valence-electron chi connectivity index (χ1n) is 10.3. The lowest BCUT2D eigenvalue weighted by Crippen LogP contribution is -2.66. The second-order valence-electron chi connectivity index (χ2n) is 8.35. The number of amides is 1. The first kappa shape index (κ1) is 18.9. The van der Waals surface area contributed by atoms with Crippen molar-refractivity contribution in [2.75, 3.05) is 46.1 Å². The monoisotopic (exact) mass is 373 g/mol. The molecule has 0 radical (unpaired) electrons. The molecule has 3 aliphatic rings. The van der Waals surface area contributed by atoms with Gasteiger partial charge >= 0.3 is 0 Å². The second-order valence-corrected chi connectivity index (χ2v) is 8.35. The number of carbonyl (C=O) groups is 1. The summed E-state index contributed by atoms with van der Waals surface area (Å²) in [6.45, 7) is 7.57. The maximum absolute atomic E-state index is 12.6. The summed E-state index contributed by atoms with van der Waals surface area (Å²) in [4.78, 5) is 14.6. The normalized spacial score (nSPS) is 24.9. The highest BCUT2D eigenvalue weighted by Crippen LogP contribution is 2.40. The van der Waals surface area contributed by atoms with E-state index < -0.39 is 0 Å². The summed E-state index contributed by atoms with van der Waals surface area (Å²) in [6.07, 6.45) is 3.72. The standard InChI is InChI=1S/C22H31NO4/c1-17-4-2-3-5-19(17)12-21(24)23-15-22(16-23)20(8-11-27-22)14-26-13-18-6-9-25-10-7-18/h2-5,18,20H,6-16H2,1H3/t20-/m0/s1. The Kier molecular flexibility index (Phi) is 5.81. The van der Waals surface area contributed by atoms with E-state index in [0.717, 1.165) is 57.9 Å². The Morgan fingerprint density at radius 2 is 1.93 bits per heavy atom. The van der Waals surface area contributed by atoms with E-state index >= 15 is 0 Å². The van der Waals surface area contributed by atoms with Crippen molar-refractivity contribution in [3.05, 3.63) is 35.4 Å². The number of aryl methyl sites for hydroxylation is 1. The van der Waals surface area contributed by atoms with Gasteiger partial charge in [0.1, 0.15) is 5.60 Å². The van der Waals surface area contributed by atoms with Crippen molar-refractivity contribution in [1.82, 2.24) is 4.90 Å². The molecule has 148 valence electrons. The number of nitrogens with zero attached hydrogens (tertiary/aromatic N) is 1. The van der Waals surface area contributed by atoms with Gasteiger partial charge in [0.2, 0.25) is 5.91 Å². The van der Waals surface area contributed by atoms with Gasteiger partial charge in [-0.3, -0.25) is 4.79 Å². The van der Waals surface area contributed by atoms with Crippen LogP contribution in [0.5, 0.6) is 0 Å². The van der Waals surface area contributed by atoms with Crippen molar-refractivity contribution < 1.29 is 19.0 Å². The SMILES string of the molecule is Cc1ccccc1CC(=O)N1CC2(C1)OCC[C@H]2COCC1CCOCC1. The smallest absolute Gasteiger partial charge is 0.227 e. The minimum absolute atomic E-state index is 0.170. The fraction of sp³-hybridized carbons (Fsp3) is 0.682. The molecular weight excluding hydrogens is 342 g/mol. The zero-order valence-electron chi connectivity index (χ0n) is 16.3. The lowest BCUT2D eigenvalue weighted by molar-refractivity contribution is -0.168. The predicted molar refractivity (Wildman–Crippen MR) is 103 cm³/mol. The molecule has 5 nitrogen and oxygen atoms in total. The highest BCUT2D eigenvalue weighted by atomic mass is 16.5. The van der Waals surface area contributed by atoms with Crippen molar-refractivity contribution in [3.8, 4) is 0 Å². The largest absolute Gasteiger partial charge is 0.381 e. The van der Waals surface area contributed by atoms with Gasteiger partial charge < -0.3 is 19.1 Å². The Hall–Kier alpha value is -1.43. The lowest BCUT2D eigenvalue weighted by Gasteiger charge is -2.50. The zero-order valence-corrected chi connectivity index (χ0v) is 16.3. The quantitative estimate of drug-likeness (QED) is 0.769. The van der Waals surface area contributed by atoms with Gasteiger partial charge in [0, 0.05) is 32.3 Å². The molecule has 0 unspecified atom stereocenters. The van der Waals surface area contributed by atoms with Crippen molar-refractivity contribution >= 4 is 5.91 Å². The van der Waals surface area contributed by atoms with Gasteiger partial charge in [-0.25, -0.2) is 0 Å². The number of benzene rings is 1. The van der Waals surface area contributed by atoms with E-state index in [1.807, 2.05) is 23.1 Å². The third-order valence-corrected chi connectivity index (χ3v) is 6.49. The minimum Gasteiger partial charge on any atom is -0.381 e. The van der Waals surface area contributed by atoms with E-state index in [0.29, 0.717) is 31.3 Å². The van der Waals surface area contributed by atoms with Crippen LogP contribution in [0.4, 0.5) is 0 Å². The van der Waals surface area contributed by atoms with Crippen LogP contribution in [0.15, 0.2) is 24.3 Å². The molecule has 1 aromatic carbocycles. The Morgan fingerprint density at radius 1 is 1.15 bits per heavy atom. The Morgan fingerprint density at radius 3 is 2.70 bits per heavy atom. The molecule has 0 aromatic heterocycles. The molecular formula is C22H31NO4. The summed E-state index contributed by atoms with van der Waals surface area (Å²) in [7, 11) is 0. The van der Waals surface area contributed by atoms with Gasteiger partial charge in [0.05, 0.1) is 26.1 Å². The van der Waals surface area contributed by atoms with Crippen LogP contribution in [-0.4, -0.2) is 62.5 Å². The van der Waals surface area contributed by atoms with Gasteiger partial charge in [0.15, 0.2) is 0 Å². The fourth-order valence-corrected chi connectivity index (χ4v) is 4.52. The molecule has 1 atom stereocenters. The van der Waals surface area contributed by atoms with Gasteiger partial charge in [-0.1, -0.05) is 24.3 Å². The van der Waals surface area contributed by atoms with Crippen LogP contribution in [0.1, 0.15) is 30.4 Å². The third kappa shape index (κ3) is 4.20. The average Bonchev–Trinajstić information content (AvgIpc) is 3.07. The maximum Gasteiger partial charge on any atom is 0.227 e. The van der Waals surface area contributed by atoms with E-state index in [9.17, 15) is 4.79 Å². The van der Waals surface area contributed by atoms with Crippen LogP contribution in [0.3, 0.4) is 0 Å². The van der Waals surface area contributed by atoms with Crippen LogP contribution in [-0.2, 0) is 25.4 Å². The van der Waals surface area contributed by atoms with E-state index in [2.05, 4.69) is 13.0 Å². The topological polar surface area (TPSA) is 48.0 Å². The van der Waals surface area contributed by atoms with Gasteiger partial charge in [-0.15, -0.1) is 0 Å². The number of hydrogen-bond acceptors (Lipinski definition) is 4. The molecule has 0 N–H and O–H groups in total. The molecule has 1 amide bonds. The van der Waals surface area contributed by atoms with Gasteiger partial charge in [-0.2, -0.15) is 0 Å². The zero-order chi connectivity index (χ0) is 18.7. The van der Waals surface area contributed by atoms with E-state index in [-0.39, 0.29) is 11.5 Å². The summed E-state index contributed by atoms with van der Waals surface area (Å²) in [6, 6.07) is 8.12. The number of rotatable bonds is 6. The van der Waals surface area contributed by atoms with Crippen LogP contribution >= 0.6 is 0 Å². The second kappa shape index (κ2) is 8.29. The van der Waals surface area contributed by atoms with Gasteiger partial charge in [-0.05, 0) is 43.2 Å². The summed E-state index contributed by atoms with van der Waals surface area (Å²) in [5.74, 6) is 1.23. The minimum atomic E-state index is -0.170. The Balaban J connectivity index is 1.24. The number of hydrogen-bond donors (Lipinski definition) is 0. The molecule has 4 rings (SSSR count). The van der Waals surface area contributed by atoms with Crippen LogP contribution in [0.2, 0.25) is 0 Å². The van der Waals surface area contributed by atoms with Crippen molar-refractivity contribution in [2.24, 2.45) is 11.8 Å². The molecule has 27 heavy (non-hydrogen) atoms. The molecule has 3 fully saturated rings. The van der Waals surface area contributed by atoms with Crippen LogP contribution in [0.25, 0.3) is 0 Å². The Bertz CT molecular complexity index is 649. The summed E-state index contributed by atoms with van der Waals surface area (Å²) in [5.41, 5.74) is 2.13. The van der Waals surface area contributed by atoms with Crippen molar-refractivity contribution in [2.45, 2.75) is 38.2 Å². The number of carbonyl (C=O) groups excluding carboxylic acids is 1. The molecule has 3 heterocycles. The molecule has 5 heteroatoms.